The molecule has 3 nitrogen and oxygen atoms in total. The summed E-state index contributed by atoms with van der Waals surface area (Å²) in [5.41, 5.74) is 2.86. The normalized spacial score (nSPS) is 9.50. The highest BCUT2D eigenvalue weighted by atomic mass is 16.4. The van der Waals surface area contributed by atoms with Crippen molar-refractivity contribution >= 4 is 11.8 Å². The van der Waals surface area contributed by atoms with Gasteiger partial charge < -0.3 is 5.11 Å². The Morgan fingerprint density at radius 1 is 1.33 bits per heavy atom. The van der Waals surface area contributed by atoms with Gasteiger partial charge in [-0.1, -0.05) is 6.07 Å². The molecule has 0 aliphatic rings. The van der Waals surface area contributed by atoms with Gasteiger partial charge in [-0.25, -0.2) is 4.79 Å². The van der Waals surface area contributed by atoms with E-state index in [0.717, 1.165) is 11.1 Å². The van der Waals surface area contributed by atoms with Crippen LogP contribution in [0.2, 0.25) is 0 Å². The van der Waals surface area contributed by atoms with Crippen LogP contribution in [0, 0.1) is 13.8 Å². The predicted octanol–water partition coefficient (Wildman–Crippen LogP) is 2.39. The summed E-state index contributed by atoms with van der Waals surface area (Å²) in [5, 5.41) is 10.7. The lowest BCUT2D eigenvalue weighted by molar-refractivity contribution is 0.210. The predicted molar refractivity (Wildman–Crippen MR) is 47.6 cm³/mol. The molecule has 3 heteroatoms. The molecule has 0 aliphatic carbocycles. The van der Waals surface area contributed by atoms with E-state index < -0.39 is 6.09 Å². The number of amides is 1. The van der Waals surface area contributed by atoms with E-state index in [2.05, 4.69) is 5.32 Å². The van der Waals surface area contributed by atoms with Crippen LogP contribution in [0.3, 0.4) is 0 Å². The standard InChI is InChI=1S/C9H11NO2/c1-6-3-4-8(5-7(6)2)10-9(11)12/h3-5,10H,1-2H3,(H,11,12). The van der Waals surface area contributed by atoms with E-state index in [1.54, 1.807) is 6.07 Å². The first-order valence-electron chi connectivity index (χ1n) is 3.67. The van der Waals surface area contributed by atoms with Crippen LogP contribution in [0.15, 0.2) is 18.2 Å². The van der Waals surface area contributed by atoms with Crippen LogP contribution in [0.4, 0.5) is 10.5 Å². The van der Waals surface area contributed by atoms with E-state index in [9.17, 15) is 4.79 Å². The largest absolute Gasteiger partial charge is 0.465 e. The van der Waals surface area contributed by atoms with Crippen LogP contribution in [-0.4, -0.2) is 11.2 Å². The van der Waals surface area contributed by atoms with Crippen molar-refractivity contribution in [2.24, 2.45) is 0 Å². The third-order valence-corrected chi connectivity index (χ3v) is 1.76. The number of nitrogens with one attached hydrogen (secondary N) is 1. The highest BCUT2D eigenvalue weighted by molar-refractivity contribution is 5.82. The van der Waals surface area contributed by atoms with Crippen molar-refractivity contribution in [2.75, 3.05) is 5.32 Å². The molecule has 0 aromatic heterocycles. The second kappa shape index (κ2) is 3.26. The fourth-order valence-electron chi connectivity index (χ4n) is 0.943. The van der Waals surface area contributed by atoms with E-state index in [1.807, 2.05) is 26.0 Å². The number of carbonyl (C=O) groups is 1. The average molecular weight is 165 g/mol. The number of anilines is 1. The van der Waals surface area contributed by atoms with E-state index in [1.165, 1.54) is 0 Å². The lowest BCUT2D eigenvalue weighted by Crippen LogP contribution is -2.07. The summed E-state index contributed by atoms with van der Waals surface area (Å²) < 4.78 is 0. The molecule has 1 rings (SSSR count). The van der Waals surface area contributed by atoms with Crippen LogP contribution in [0.5, 0.6) is 0 Å². The molecule has 0 atom stereocenters. The zero-order valence-electron chi connectivity index (χ0n) is 7.09. The minimum atomic E-state index is -1.03. The summed E-state index contributed by atoms with van der Waals surface area (Å²) in [6.07, 6.45) is -1.03. The maximum atomic E-state index is 10.3. The second-order valence-electron chi connectivity index (χ2n) is 2.73. The molecule has 0 fully saturated rings. The average Bonchev–Trinajstić information content (AvgIpc) is 1.96. The van der Waals surface area contributed by atoms with Gasteiger partial charge in [0.25, 0.3) is 0 Å². The molecule has 1 aromatic rings. The Balaban J connectivity index is 2.89. The first-order chi connectivity index (χ1) is 5.59. The summed E-state index contributed by atoms with van der Waals surface area (Å²) in [6, 6.07) is 5.44. The fourth-order valence-corrected chi connectivity index (χ4v) is 0.943. The zero-order chi connectivity index (χ0) is 9.14. The Morgan fingerprint density at radius 2 is 2.00 bits per heavy atom. The molecule has 0 bridgehead atoms. The Hall–Kier alpha value is -1.51. The van der Waals surface area contributed by atoms with Crippen LogP contribution in [0.1, 0.15) is 11.1 Å². The van der Waals surface area contributed by atoms with Gasteiger partial charge in [0.15, 0.2) is 0 Å². The first kappa shape index (κ1) is 8.59. The number of hydrogen-bond donors (Lipinski definition) is 2. The summed E-state index contributed by atoms with van der Waals surface area (Å²) in [4.78, 5) is 10.3. The summed E-state index contributed by atoms with van der Waals surface area (Å²) in [6.45, 7) is 3.93. The van der Waals surface area contributed by atoms with Gasteiger partial charge in [-0.05, 0) is 37.1 Å². The quantitative estimate of drug-likeness (QED) is 0.671. The van der Waals surface area contributed by atoms with Crippen LogP contribution in [-0.2, 0) is 0 Å². The molecule has 2 N–H and O–H groups in total. The smallest absolute Gasteiger partial charge is 0.409 e. The molecule has 64 valence electrons. The number of carboxylic acid groups (broad SMARTS) is 1. The van der Waals surface area contributed by atoms with E-state index in [4.69, 9.17) is 5.11 Å². The zero-order valence-corrected chi connectivity index (χ0v) is 7.09. The van der Waals surface area contributed by atoms with Crippen molar-refractivity contribution < 1.29 is 9.90 Å². The van der Waals surface area contributed by atoms with Crippen LogP contribution in [0.25, 0.3) is 0 Å². The molecule has 0 unspecified atom stereocenters. The van der Waals surface area contributed by atoms with Gasteiger partial charge in [0.2, 0.25) is 0 Å². The minimum Gasteiger partial charge on any atom is -0.465 e. The summed E-state index contributed by atoms with van der Waals surface area (Å²) in [7, 11) is 0. The molecule has 0 saturated heterocycles. The van der Waals surface area contributed by atoms with E-state index in [0.29, 0.717) is 5.69 Å². The Labute approximate surface area is 71.0 Å². The Kier molecular flexibility index (Phi) is 2.33. The van der Waals surface area contributed by atoms with E-state index in [-0.39, 0.29) is 0 Å². The Bertz CT molecular complexity index is 307. The van der Waals surface area contributed by atoms with Gasteiger partial charge in [0.05, 0.1) is 0 Å². The van der Waals surface area contributed by atoms with Crippen molar-refractivity contribution in [3.05, 3.63) is 29.3 Å². The molecule has 0 saturated carbocycles. The van der Waals surface area contributed by atoms with E-state index >= 15 is 0 Å². The molecule has 0 spiro atoms. The van der Waals surface area contributed by atoms with Gasteiger partial charge in [-0.15, -0.1) is 0 Å². The Morgan fingerprint density at radius 3 is 2.50 bits per heavy atom. The van der Waals surface area contributed by atoms with Gasteiger partial charge >= 0.3 is 6.09 Å². The second-order valence-corrected chi connectivity index (χ2v) is 2.73. The molecular weight excluding hydrogens is 154 g/mol. The lowest BCUT2D eigenvalue weighted by atomic mass is 10.1. The van der Waals surface area contributed by atoms with Crippen LogP contribution >= 0.6 is 0 Å². The number of hydrogen-bond acceptors (Lipinski definition) is 1. The molecule has 0 radical (unpaired) electrons. The monoisotopic (exact) mass is 165 g/mol. The minimum absolute atomic E-state index is 0.616. The molecule has 0 heterocycles. The number of benzene rings is 1. The van der Waals surface area contributed by atoms with Gasteiger partial charge in [-0.3, -0.25) is 5.32 Å². The first-order valence-corrected chi connectivity index (χ1v) is 3.67. The van der Waals surface area contributed by atoms with Crippen molar-refractivity contribution in [2.45, 2.75) is 13.8 Å². The maximum absolute atomic E-state index is 10.3. The van der Waals surface area contributed by atoms with Gasteiger partial charge in [-0.2, -0.15) is 0 Å². The fraction of sp³-hybridized carbons (Fsp3) is 0.222. The lowest BCUT2D eigenvalue weighted by Gasteiger charge is -2.03. The third kappa shape index (κ3) is 1.99. The molecule has 1 amide bonds. The molecule has 12 heavy (non-hydrogen) atoms. The SMILES string of the molecule is Cc1ccc(NC(=O)O)cc1C. The number of aryl methyl sites for hydroxylation is 2. The summed E-state index contributed by atoms with van der Waals surface area (Å²) in [5.74, 6) is 0. The van der Waals surface area contributed by atoms with Crippen molar-refractivity contribution in [3.63, 3.8) is 0 Å². The molecular formula is C9H11NO2. The van der Waals surface area contributed by atoms with Crippen molar-refractivity contribution in [3.8, 4) is 0 Å². The van der Waals surface area contributed by atoms with Gasteiger partial charge in [0, 0.05) is 5.69 Å². The topological polar surface area (TPSA) is 49.3 Å². The van der Waals surface area contributed by atoms with Crippen LogP contribution < -0.4 is 5.32 Å². The maximum Gasteiger partial charge on any atom is 0.409 e. The molecule has 1 aromatic carbocycles. The highest BCUT2D eigenvalue weighted by Gasteiger charge is 1.98. The van der Waals surface area contributed by atoms with Crippen molar-refractivity contribution in [1.82, 2.24) is 0 Å². The number of rotatable bonds is 1. The molecule has 0 aliphatic heterocycles. The third-order valence-electron chi connectivity index (χ3n) is 1.76. The summed E-state index contributed by atoms with van der Waals surface area (Å²) >= 11 is 0. The highest BCUT2D eigenvalue weighted by Crippen LogP contribution is 2.13. The van der Waals surface area contributed by atoms with Crippen molar-refractivity contribution in [1.29, 1.82) is 0 Å². The van der Waals surface area contributed by atoms with Gasteiger partial charge in [0.1, 0.15) is 0 Å².